The molecule has 2 aromatic heterocycles. The third-order valence-electron chi connectivity index (χ3n) is 6.69. The number of pyridine rings is 1. The smallest absolute Gasteiger partial charge is 0.341 e. The van der Waals surface area contributed by atoms with Crippen molar-refractivity contribution in [2.24, 2.45) is 0 Å². The molecule has 0 unspecified atom stereocenters. The number of fused-ring (bicyclic) bond motifs is 1. The molecule has 0 spiro atoms. The number of hydrogen-bond donors (Lipinski definition) is 7. The third kappa shape index (κ3) is 10.5. The average molecular weight is 696 g/mol. The quantitative estimate of drug-likeness (QED) is 0.129. The summed E-state index contributed by atoms with van der Waals surface area (Å²) in [5, 5.41) is 45.2. The number of carboxylic acid groups (broad SMARTS) is 3. The molecule has 1 atom stereocenters. The first kappa shape index (κ1) is 41.1. The molecule has 0 amide bonds. The Bertz CT molecular complexity index is 1920. The standard InChI is InChI=1S/C17H19F2N3O3.C8H6O4.C4H4N2O3.CH4O.H2O/c1-3-21-8-11(17(24)25)16(23)10-6-12(18)15(13(19)14(10)21)22-5-4-20-9(2)7-22;9-7(10)5-2-1-3-6(4-5)8(11)12;7-2-1-3(8)6-4(9)5-2;1-2;/h6,8-9,20H,3-5,7H2,1-2H3,(H,24,25);1-4H,(H,9,10)(H,11,12);1H,(H3,5,6,7,8,9);2H,1H3;1H2/t9-;;;;/m1..../s1. The highest BCUT2D eigenvalue weighted by Crippen LogP contribution is 2.30. The molecule has 1 aliphatic rings. The first-order valence-corrected chi connectivity index (χ1v) is 14.0. The first-order valence-electron chi connectivity index (χ1n) is 14.0. The largest absolute Gasteiger partial charge is 0.860 e. The summed E-state index contributed by atoms with van der Waals surface area (Å²) in [4.78, 5) is 70.1. The second kappa shape index (κ2) is 18.4. The molecule has 1 saturated heterocycles. The van der Waals surface area contributed by atoms with Gasteiger partial charge in [-0.1, -0.05) is 6.07 Å². The van der Waals surface area contributed by atoms with Crippen molar-refractivity contribution in [1.82, 2.24) is 14.5 Å². The maximum absolute atomic E-state index is 15.2. The highest BCUT2D eigenvalue weighted by atomic mass is 19.1. The topological polar surface area (TPSA) is 294 Å². The van der Waals surface area contributed by atoms with E-state index in [1.54, 1.807) is 11.8 Å². The summed E-state index contributed by atoms with van der Waals surface area (Å²) in [5.41, 5.74) is -3.08. The van der Waals surface area contributed by atoms with E-state index in [0.717, 1.165) is 38.1 Å². The van der Waals surface area contributed by atoms with Crippen LogP contribution in [-0.4, -0.2) is 91.1 Å². The fourth-order valence-corrected chi connectivity index (χ4v) is 4.63. The molecule has 49 heavy (non-hydrogen) atoms. The SMILES string of the molecule is CCn1cc(C(=O)O)c(=O)c2cc(F)c(N3CC[NH2+][C@H](C)C3)c(F)c21.CO.O.O=C(O)c1cccc(C(=O)O)c1.O=c1cc([O-])[nH]c(=O)[nH]1. The predicted molar refractivity (Wildman–Crippen MR) is 168 cm³/mol. The number of aromatic carboxylic acids is 3. The Labute approximate surface area is 274 Å². The highest BCUT2D eigenvalue weighted by molar-refractivity contribution is 5.94. The number of quaternary nitrogens is 1. The van der Waals surface area contributed by atoms with E-state index >= 15 is 4.39 Å². The van der Waals surface area contributed by atoms with Gasteiger partial charge in [0.2, 0.25) is 5.43 Å². The van der Waals surface area contributed by atoms with Crippen molar-refractivity contribution in [3.8, 4) is 5.88 Å². The number of aliphatic hydroxyl groups is 1. The molecule has 1 aliphatic heterocycles. The lowest BCUT2D eigenvalue weighted by Crippen LogP contribution is -2.94. The van der Waals surface area contributed by atoms with Gasteiger partial charge in [0.25, 0.3) is 5.56 Å². The van der Waals surface area contributed by atoms with Crippen molar-refractivity contribution >= 4 is 34.5 Å². The number of nitrogens with zero attached hydrogens (tertiary/aromatic N) is 2. The number of nitrogens with one attached hydrogen (secondary N) is 2. The molecule has 0 radical (unpaired) electrons. The van der Waals surface area contributed by atoms with E-state index in [0.29, 0.717) is 13.1 Å². The zero-order chi connectivity index (χ0) is 36.3. The van der Waals surface area contributed by atoms with Crippen LogP contribution in [0.5, 0.6) is 5.88 Å². The number of carboxylic acids is 3. The monoisotopic (exact) mass is 695 g/mol. The Morgan fingerprint density at radius 1 is 0.980 bits per heavy atom. The number of aromatic nitrogens is 3. The van der Waals surface area contributed by atoms with Crippen molar-refractivity contribution < 1.29 is 59.5 Å². The summed E-state index contributed by atoms with van der Waals surface area (Å²) in [6, 6.07) is 7.12. The van der Waals surface area contributed by atoms with Gasteiger partial charge in [-0.2, -0.15) is 0 Å². The van der Waals surface area contributed by atoms with E-state index in [9.17, 15) is 38.3 Å². The zero-order valence-corrected chi connectivity index (χ0v) is 26.3. The second-order valence-electron chi connectivity index (χ2n) is 9.97. The lowest BCUT2D eigenvalue weighted by molar-refractivity contribution is -0.687. The fourth-order valence-electron chi connectivity index (χ4n) is 4.63. The molecule has 19 heteroatoms. The number of carbonyl (C=O) groups is 3. The number of aliphatic hydroxyl groups excluding tert-OH is 1. The molecular formula is C30H35F2N5O12. The first-order chi connectivity index (χ1) is 22.6. The van der Waals surface area contributed by atoms with Gasteiger partial charge in [-0.25, -0.2) is 28.0 Å². The molecule has 0 saturated carbocycles. The van der Waals surface area contributed by atoms with Gasteiger partial charge < -0.3 is 50.8 Å². The fraction of sp³-hybridized carbons (Fsp3) is 0.267. The van der Waals surface area contributed by atoms with Gasteiger partial charge in [0, 0.05) is 25.9 Å². The summed E-state index contributed by atoms with van der Waals surface area (Å²) in [6.07, 6.45) is 1.12. The molecule has 1 fully saturated rings. The van der Waals surface area contributed by atoms with Crippen LogP contribution in [0, 0.1) is 11.6 Å². The maximum Gasteiger partial charge on any atom is 0.341 e. The van der Waals surface area contributed by atoms with Gasteiger partial charge in [-0.15, -0.1) is 0 Å². The average Bonchev–Trinajstić information content (AvgIpc) is 3.02. The number of benzene rings is 2. The van der Waals surface area contributed by atoms with E-state index < -0.39 is 57.7 Å². The number of H-pyrrole nitrogens is 2. The Balaban J connectivity index is 0.000000415. The second-order valence-corrected chi connectivity index (χ2v) is 9.97. The van der Waals surface area contributed by atoms with Crippen LogP contribution in [0.1, 0.15) is 44.9 Å². The van der Waals surface area contributed by atoms with Crippen LogP contribution in [0.2, 0.25) is 0 Å². The molecule has 0 bridgehead atoms. The molecule has 4 aromatic rings. The van der Waals surface area contributed by atoms with Gasteiger partial charge in [-0.3, -0.25) is 14.6 Å². The molecule has 2 aromatic carbocycles. The third-order valence-corrected chi connectivity index (χ3v) is 6.69. The van der Waals surface area contributed by atoms with Crippen molar-refractivity contribution in [3.05, 3.63) is 102 Å². The Kier molecular flexibility index (Phi) is 15.5. The van der Waals surface area contributed by atoms with Crippen LogP contribution >= 0.6 is 0 Å². The Hall–Kier alpha value is -5.92. The van der Waals surface area contributed by atoms with E-state index in [1.807, 2.05) is 16.9 Å². The summed E-state index contributed by atoms with van der Waals surface area (Å²) in [5.74, 6) is -6.01. The van der Waals surface area contributed by atoms with E-state index in [2.05, 4.69) is 5.32 Å². The van der Waals surface area contributed by atoms with Gasteiger partial charge in [0.05, 0.1) is 41.7 Å². The summed E-state index contributed by atoms with van der Waals surface area (Å²) < 4.78 is 31.2. The molecule has 266 valence electrons. The van der Waals surface area contributed by atoms with Gasteiger partial charge >= 0.3 is 23.6 Å². The van der Waals surface area contributed by atoms with E-state index in [4.69, 9.17) is 20.4 Å². The number of hydrogen-bond acceptors (Lipinski definition) is 9. The Morgan fingerprint density at radius 2 is 1.57 bits per heavy atom. The molecular weight excluding hydrogens is 660 g/mol. The van der Waals surface area contributed by atoms with Crippen molar-refractivity contribution in [2.75, 3.05) is 31.6 Å². The number of aromatic amines is 2. The summed E-state index contributed by atoms with van der Waals surface area (Å²) in [6.45, 7) is 5.64. The van der Waals surface area contributed by atoms with Gasteiger partial charge in [0.15, 0.2) is 5.82 Å². The number of halogens is 2. The van der Waals surface area contributed by atoms with Crippen LogP contribution < -0.4 is 32.0 Å². The number of rotatable bonds is 5. The van der Waals surface area contributed by atoms with E-state index in [-0.39, 0.29) is 45.8 Å². The van der Waals surface area contributed by atoms with Crippen LogP contribution in [0.4, 0.5) is 14.5 Å². The minimum Gasteiger partial charge on any atom is -0.860 e. The maximum atomic E-state index is 15.2. The lowest BCUT2D eigenvalue weighted by atomic mass is 10.1. The Morgan fingerprint density at radius 3 is 2.04 bits per heavy atom. The van der Waals surface area contributed by atoms with E-state index in [1.165, 1.54) is 22.8 Å². The van der Waals surface area contributed by atoms with Crippen LogP contribution in [0.15, 0.2) is 57.0 Å². The number of nitrogens with two attached hydrogens (primary N) is 1. The number of anilines is 1. The predicted octanol–water partition coefficient (Wildman–Crippen LogP) is -1.23. The molecule has 3 heterocycles. The van der Waals surface area contributed by atoms with Crippen molar-refractivity contribution in [3.63, 3.8) is 0 Å². The van der Waals surface area contributed by atoms with Gasteiger partial charge in [-0.05, 0) is 44.0 Å². The molecule has 10 N–H and O–H groups in total. The summed E-state index contributed by atoms with van der Waals surface area (Å²) >= 11 is 0. The minimum atomic E-state index is -1.42. The zero-order valence-electron chi connectivity index (χ0n) is 26.3. The molecule has 0 aliphatic carbocycles. The normalized spacial score (nSPS) is 13.3. The van der Waals surface area contributed by atoms with Gasteiger partial charge in [0.1, 0.15) is 23.1 Å². The minimum absolute atomic E-state index is 0. The number of aryl methyl sites for hydroxylation is 1. The van der Waals surface area contributed by atoms with Crippen LogP contribution in [-0.2, 0) is 6.54 Å². The van der Waals surface area contributed by atoms with Crippen LogP contribution in [0.3, 0.4) is 0 Å². The van der Waals surface area contributed by atoms with Crippen molar-refractivity contribution in [1.29, 1.82) is 0 Å². The summed E-state index contributed by atoms with van der Waals surface area (Å²) in [7, 11) is 1.00. The number of piperazine rings is 1. The lowest BCUT2D eigenvalue weighted by Gasteiger charge is -2.32. The molecule has 17 nitrogen and oxygen atoms in total. The van der Waals surface area contributed by atoms with Crippen LogP contribution in [0.25, 0.3) is 10.9 Å². The van der Waals surface area contributed by atoms with Crippen molar-refractivity contribution in [2.45, 2.75) is 26.4 Å². The highest BCUT2D eigenvalue weighted by Gasteiger charge is 2.28. The molecule has 5 rings (SSSR count).